The topological polar surface area (TPSA) is 77.7 Å². The fraction of sp³-hybridized carbons (Fsp3) is 0. The van der Waals surface area contributed by atoms with Gasteiger partial charge >= 0.3 is 5.82 Å². The molecule has 0 fully saturated rings. The Labute approximate surface area is 171 Å². The molecule has 0 aliphatic heterocycles. The van der Waals surface area contributed by atoms with Crippen LogP contribution in [0.15, 0.2) is 97.1 Å². The summed E-state index contributed by atoms with van der Waals surface area (Å²) in [5.74, 6) is 0.474. The molecule has 0 aliphatic carbocycles. The van der Waals surface area contributed by atoms with Crippen LogP contribution >= 0.6 is 0 Å². The highest BCUT2D eigenvalue weighted by molar-refractivity contribution is 5.88. The number of nitrogens with zero attached hydrogens (tertiary/aromatic N) is 5. The van der Waals surface area contributed by atoms with Crippen molar-refractivity contribution in [2.45, 2.75) is 0 Å². The molecule has 0 unspecified atom stereocenters. The third-order valence-electron chi connectivity index (χ3n) is 4.86. The second kappa shape index (κ2) is 7.21. The van der Waals surface area contributed by atoms with Gasteiger partial charge in [-0.2, -0.15) is 0 Å². The van der Waals surface area contributed by atoms with Crippen LogP contribution in [0.1, 0.15) is 0 Å². The van der Waals surface area contributed by atoms with Crippen LogP contribution in [-0.4, -0.2) is 19.9 Å². The van der Waals surface area contributed by atoms with E-state index in [1.54, 1.807) is 21.7 Å². The van der Waals surface area contributed by atoms with Gasteiger partial charge in [0, 0.05) is 22.3 Å². The molecule has 4 aromatic carbocycles. The Hall–Kier alpha value is -4.39. The summed E-state index contributed by atoms with van der Waals surface area (Å²) in [6.07, 6.45) is 0. The van der Waals surface area contributed by atoms with Crippen molar-refractivity contribution in [1.82, 2.24) is 15.0 Å². The first kappa shape index (κ1) is 17.7. The second-order valence-electron chi connectivity index (χ2n) is 6.74. The van der Waals surface area contributed by atoms with Gasteiger partial charge < -0.3 is 0 Å². The molecule has 0 saturated carbocycles. The maximum atomic E-state index is 11.0. The average Bonchev–Trinajstić information content (AvgIpc) is 3.24. The highest BCUT2D eigenvalue weighted by Gasteiger charge is 2.25. The molecular weight excluding hydrogens is 378 g/mol. The summed E-state index contributed by atoms with van der Waals surface area (Å²) in [6, 6.07) is 30.1. The van der Waals surface area contributed by atoms with Gasteiger partial charge in [-0.05, 0) is 51.7 Å². The molecule has 0 saturated heterocycles. The smallest absolute Gasteiger partial charge is 0.258 e. The Morgan fingerprint density at radius 1 is 0.800 bits per heavy atom. The summed E-state index contributed by atoms with van der Waals surface area (Å²) >= 11 is 0. The minimum atomic E-state index is -0.421. The molecule has 0 amide bonds. The van der Waals surface area contributed by atoms with E-state index in [9.17, 15) is 10.1 Å². The third-order valence-corrected chi connectivity index (χ3v) is 4.86. The maximum Gasteiger partial charge on any atom is 0.340 e. The highest BCUT2D eigenvalue weighted by atomic mass is 16.6. The standard InChI is InChI=1S/C23H16N5O2/c29-28(30)20-15-13-18(14-16-20)23-24-26(19-9-2-1-3-10-19)27(25-23)22-12-6-8-17-7-4-5-11-21(17)22/h1-16H/q+1. The summed E-state index contributed by atoms with van der Waals surface area (Å²) in [7, 11) is 0. The molecule has 1 heterocycles. The van der Waals surface area contributed by atoms with Crippen molar-refractivity contribution in [1.29, 1.82) is 0 Å². The van der Waals surface area contributed by atoms with Crippen LogP contribution in [0.3, 0.4) is 0 Å². The lowest BCUT2D eigenvalue weighted by atomic mass is 10.1. The number of tetrazole rings is 1. The van der Waals surface area contributed by atoms with Crippen LogP contribution in [0.5, 0.6) is 0 Å². The van der Waals surface area contributed by atoms with Crippen LogP contribution in [-0.2, 0) is 0 Å². The Bertz CT molecular complexity index is 1360. The van der Waals surface area contributed by atoms with E-state index in [2.05, 4.69) is 12.1 Å². The first-order valence-corrected chi connectivity index (χ1v) is 9.39. The largest absolute Gasteiger partial charge is 0.340 e. The molecule has 0 N–H and O–H groups in total. The molecule has 1 aromatic heterocycles. The summed E-state index contributed by atoms with van der Waals surface area (Å²) < 4.78 is 0. The Balaban J connectivity index is 1.72. The number of nitro groups is 1. The first-order chi connectivity index (χ1) is 14.7. The number of hydrogen-bond acceptors (Lipinski definition) is 4. The maximum absolute atomic E-state index is 11.0. The lowest BCUT2D eigenvalue weighted by molar-refractivity contribution is -0.733. The SMILES string of the molecule is O=[N+]([O-])c1ccc(-c2nn(-c3ccccc3)[n+](-c3cccc4ccccc34)n2)cc1. The van der Waals surface area contributed by atoms with Crippen molar-refractivity contribution in [2.75, 3.05) is 0 Å². The molecule has 0 atom stereocenters. The lowest BCUT2D eigenvalue weighted by Gasteiger charge is -2.03. The van der Waals surface area contributed by atoms with Gasteiger partial charge in [0.05, 0.1) is 15.6 Å². The molecule has 144 valence electrons. The van der Waals surface area contributed by atoms with E-state index < -0.39 is 4.92 Å². The summed E-state index contributed by atoms with van der Waals surface area (Å²) in [5, 5.41) is 22.6. The van der Waals surface area contributed by atoms with Gasteiger partial charge in [0.2, 0.25) is 0 Å². The van der Waals surface area contributed by atoms with Gasteiger partial charge in [0.15, 0.2) is 5.69 Å². The molecule has 30 heavy (non-hydrogen) atoms. The zero-order valence-electron chi connectivity index (χ0n) is 15.8. The van der Waals surface area contributed by atoms with Crippen molar-refractivity contribution in [3.63, 3.8) is 0 Å². The molecule has 5 rings (SSSR count). The number of fused-ring (bicyclic) bond motifs is 1. The van der Waals surface area contributed by atoms with Crippen molar-refractivity contribution < 1.29 is 9.72 Å². The highest BCUT2D eigenvalue weighted by Crippen LogP contribution is 2.22. The van der Waals surface area contributed by atoms with E-state index in [1.165, 1.54) is 12.1 Å². The van der Waals surface area contributed by atoms with E-state index >= 15 is 0 Å². The van der Waals surface area contributed by atoms with Crippen LogP contribution in [0.4, 0.5) is 5.69 Å². The third kappa shape index (κ3) is 3.08. The fourth-order valence-electron chi connectivity index (χ4n) is 3.40. The Morgan fingerprint density at radius 3 is 2.27 bits per heavy atom. The molecule has 0 spiro atoms. The normalized spacial score (nSPS) is 10.9. The molecule has 0 bridgehead atoms. The predicted molar refractivity (Wildman–Crippen MR) is 112 cm³/mol. The molecule has 0 radical (unpaired) electrons. The first-order valence-electron chi connectivity index (χ1n) is 9.39. The lowest BCUT2D eigenvalue weighted by Crippen LogP contribution is -2.43. The van der Waals surface area contributed by atoms with E-state index in [-0.39, 0.29) is 5.69 Å². The quantitative estimate of drug-likeness (QED) is 0.259. The number of aromatic nitrogens is 4. The molecule has 0 aliphatic rings. The Morgan fingerprint density at radius 2 is 1.50 bits per heavy atom. The zero-order chi connectivity index (χ0) is 20.5. The van der Waals surface area contributed by atoms with Crippen molar-refractivity contribution in [3.05, 3.63) is 107 Å². The van der Waals surface area contributed by atoms with E-state index in [4.69, 9.17) is 10.2 Å². The summed E-state index contributed by atoms with van der Waals surface area (Å²) in [6.45, 7) is 0. The minimum Gasteiger partial charge on any atom is -0.258 e. The number of nitro benzene ring substituents is 1. The van der Waals surface area contributed by atoms with Gasteiger partial charge in [-0.25, -0.2) is 0 Å². The minimum absolute atomic E-state index is 0.0307. The van der Waals surface area contributed by atoms with E-state index in [0.29, 0.717) is 11.4 Å². The van der Waals surface area contributed by atoms with Gasteiger partial charge in [0.25, 0.3) is 5.69 Å². The monoisotopic (exact) mass is 394 g/mol. The Kier molecular flexibility index (Phi) is 4.25. The van der Waals surface area contributed by atoms with Crippen LogP contribution in [0.25, 0.3) is 33.5 Å². The van der Waals surface area contributed by atoms with E-state index in [1.807, 2.05) is 60.7 Å². The molecule has 7 nitrogen and oxygen atoms in total. The van der Waals surface area contributed by atoms with Crippen molar-refractivity contribution in [3.8, 4) is 22.8 Å². The number of non-ortho nitro benzene ring substituents is 1. The van der Waals surface area contributed by atoms with Gasteiger partial charge in [-0.3, -0.25) is 10.1 Å². The number of para-hydroxylation sites is 1. The molecule has 5 aromatic rings. The number of rotatable bonds is 4. The van der Waals surface area contributed by atoms with Crippen molar-refractivity contribution in [2.24, 2.45) is 0 Å². The van der Waals surface area contributed by atoms with Crippen LogP contribution in [0, 0.1) is 10.1 Å². The van der Waals surface area contributed by atoms with E-state index in [0.717, 1.165) is 22.1 Å². The average molecular weight is 394 g/mol. The van der Waals surface area contributed by atoms with Crippen molar-refractivity contribution >= 4 is 16.5 Å². The second-order valence-corrected chi connectivity index (χ2v) is 6.74. The van der Waals surface area contributed by atoms with Crippen LogP contribution < -0.4 is 4.80 Å². The summed E-state index contributed by atoms with van der Waals surface area (Å²) in [5.41, 5.74) is 2.47. The predicted octanol–water partition coefficient (Wildman–Crippen LogP) is 4.27. The van der Waals surface area contributed by atoms with Gasteiger partial charge in [-0.15, -0.1) is 0 Å². The summed E-state index contributed by atoms with van der Waals surface area (Å²) in [4.78, 5) is 14.0. The molecule has 7 heteroatoms. The van der Waals surface area contributed by atoms with Gasteiger partial charge in [-0.1, -0.05) is 48.5 Å². The number of benzene rings is 4. The molecular formula is C23H16N5O2+. The number of hydrogen-bond donors (Lipinski definition) is 0. The van der Waals surface area contributed by atoms with Gasteiger partial charge in [0.1, 0.15) is 5.69 Å². The zero-order valence-corrected chi connectivity index (χ0v) is 15.8. The fourth-order valence-corrected chi connectivity index (χ4v) is 3.40. The van der Waals surface area contributed by atoms with Crippen LogP contribution in [0.2, 0.25) is 0 Å².